The molecule has 0 aliphatic heterocycles. The molecule has 6 nitrogen and oxygen atoms in total. The SMILES string of the molecule is CCCOP(O)OC(O)(O)O. The van der Waals surface area contributed by atoms with E-state index in [1.54, 1.807) is 6.92 Å². The summed E-state index contributed by atoms with van der Waals surface area (Å²) in [5.74, 6) is 0. The molecule has 0 aliphatic rings. The first-order chi connectivity index (χ1) is 4.95. The first kappa shape index (κ1) is 11.2. The molecule has 0 radical (unpaired) electrons. The van der Waals surface area contributed by atoms with Gasteiger partial charge in [-0.3, -0.25) is 0 Å². The van der Waals surface area contributed by atoms with Crippen molar-refractivity contribution in [1.82, 2.24) is 0 Å². The van der Waals surface area contributed by atoms with Crippen molar-refractivity contribution in [3.8, 4) is 0 Å². The molecule has 68 valence electrons. The number of rotatable bonds is 5. The lowest BCUT2D eigenvalue weighted by molar-refractivity contribution is -0.422. The maximum Gasteiger partial charge on any atom is 0.411 e. The Balaban J connectivity index is 3.44. The van der Waals surface area contributed by atoms with Gasteiger partial charge in [0.15, 0.2) is 0 Å². The first-order valence-corrected chi connectivity index (χ1v) is 4.07. The Morgan fingerprint density at radius 2 is 1.91 bits per heavy atom. The van der Waals surface area contributed by atoms with Gasteiger partial charge in [0.2, 0.25) is 0 Å². The second-order valence-corrected chi connectivity index (χ2v) is 2.65. The van der Waals surface area contributed by atoms with E-state index in [0.717, 1.165) is 0 Å². The summed E-state index contributed by atoms with van der Waals surface area (Å²) < 4.78 is 8.29. The van der Waals surface area contributed by atoms with Crippen molar-refractivity contribution in [2.24, 2.45) is 0 Å². The van der Waals surface area contributed by atoms with Gasteiger partial charge in [-0.25, -0.2) is 4.52 Å². The van der Waals surface area contributed by atoms with Crippen LogP contribution < -0.4 is 0 Å². The molecule has 0 aromatic heterocycles. The molecule has 4 N–H and O–H groups in total. The fraction of sp³-hybridized carbons (Fsp3) is 1.00. The maximum absolute atomic E-state index is 8.66. The van der Waals surface area contributed by atoms with E-state index in [1.165, 1.54) is 0 Å². The predicted octanol–water partition coefficient (Wildman–Crippen LogP) is -0.763. The van der Waals surface area contributed by atoms with Crippen LogP contribution in [0.15, 0.2) is 0 Å². The normalized spacial score (nSPS) is 15.0. The third kappa shape index (κ3) is 8.09. The highest BCUT2D eigenvalue weighted by molar-refractivity contribution is 7.40. The molecule has 0 fully saturated rings. The zero-order valence-electron chi connectivity index (χ0n) is 5.97. The monoisotopic (exact) mass is 186 g/mol. The molecule has 0 saturated carbocycles. The van der Waals surface area contributed by atoms with Gasteiger partial charge in [0.05, 0.1) is 6.61 Å². The number of hydrogen-bond acceptors (Lipinski definition) is 6. The van der Waals surface area contributed by atoms with E-state index in [1.807, 2.05) is 0 Å². The van der Waals surface area contributed by atoms with Gasteiger partial charge < -0.3 is 24.7 Å². The van der Waals surface area contributed by atoms with Gasteiger partial charge in [0, 0.05) is 0 Å². The summed E-state index contributed by atoms with van der Waals surface area (Å²) >= 11 is 0. The standard InChI is InChI=1S/C4H11O6P/c1-2-3-9-11(8)10-4(5,6)7/h5-8H,2-3H2,1H3. The molecule has 1 atom stereocenters. The van der Waals surface area contributed by atoms with Crippen molar-refractivity contribution in [3.05, 3.63) is 0 Å². The second-order valence-electron chi connectivity index (χ2n) is 1.74. The highest BCUT2D eigenvalue weighted by atomic mass is 31.2. The van der Waals surface area contributed by atoms with Crippen molar-refractivity contribution in [2.75, 3.05) is 6.61 Å². The topological polar surface area (TPSA) is 99.4 Å². The van der Waals surface area contributed by atoms with Gasteiger partial charge in [0.25, 0.3) is 0 Å². The Bertz CT molecular complexity index is 101. The van der Waals surface area contributed by atoms with E-state index in [4.69, 9.17) is 20.2 Å². The molecule has 0 saturated heterocycles. The van der Waals surface area contributed by atoms with Gasteiger partial charge in [-0.05, 0) is 6.42 Å². The van der Waals surface area contributed by atoms with Crippen molar-refractivity contribution >= 4 is 8.60 Å². The van der Waals surface area contributed by atoms with Crippen molar-refractivity contribution < 1.29 is 29.3 Å². The molecular weight excluding hydrogens is 175 g/mol. The van der Waals surface area contributed by atoms with E-state index in [9.17, 15) is 0 Å². The van der Waals surface area contributed by atoms with Gasteiger partial charge in [0.1, 0.15) is 0 Å². The zero-order chi connectivity index (χ0) is 8.91. The molecule has 7 heteroatoms. The number of hydrogen-bond donors (Lipinski definition) is 4. The maximum atomic E-state index is 8.66. The molecule has 0 amide bonds. The quantitative estimate of drug-likeness (QED) is 0.332. The van der Waals surface area contributed by atoms with Crippen LogP contribution in [-0.2, 0) is 9.05 Å². The molecule has 0 aromatic carbocycles. The lowest BCUT2D eigenvalue weighted by atomic mass is 10.5. The summed E-state index contributed by atoms with van der Waals surface area (Å²) in [6.45, 7) is 2.02. The van der Waals surface area contributed by atoms with Crippen molar-refractivity contribution in [2.45, 2.75) is 19.5 Å². The Labute approximate surface area is 65.0 Å². The average Bonchev–Trinajstić information content (AvgIpc) is 1.79. The Hall–Kier alpha value is 0.190. The average molecular weight is 186 g/mol. The lowest BCUT2D eigenvalue weighted by Crippen LogP contribution is -2.29. The summed E-state index contributed by atoms with van der Waals surface area (Å²) in [5.41, 5.74) is 0. The fourth-order valence-corrected chi connectivity index (χ4v) is 0.902. The Morgan fingerprint density at radius 3 is 2.27 bits per heavy atom. The smallest absolute Gasteiger partial charge is 0.328 e. The fourth-order valence-electron chi connectivity index (χ4n) is 0.301. The molecule has 0 spiro atoms. The summed E-state index contributed by atoms with van der Waals surface area (Å²) in [6.07, 6.45) is -2.67. The molecule has 1 unspecified atom stereocenters. The van der Waals surface area contributed by atoms with Crippen LogP contribution in [0.25, 0.3) is 0 Å². The molecule has 0 aromatic rings. The summed E-state index contributed by atoms with van der Waals surface area (Å²) in [5, 5.41) is 24.5. The second kappa shape index (κ2) is 4.95. The van der Waals surface area contributed by atoms with Crippen LogP contribution in [0.1, 0.15) is 13.3 Å². The van der Waals surface area contributed by atoms with Gasteiger partial charge >= 0.3 is 14.8 Å². The summed E-state index contributed by atoms with van der Waals surface area (Å²) in [4.78, 5) is 8.66. The Kier molecular flexibility index (Phi) is 5.03. The molecule has 0 bridgehead atoms. The third-order valence-corrected chi connectivity index (χ3v) is 1.41. The largest absolute Gasteiger partial charge is 0.411 e. The Morgan fingerprint density at radius 1 is 1.36 bits per heavy atom. The molecule has 0 rings (SSSR count). The van der Waals surface area contributed by atoms with E-state index >= 15 is 0 Å². The first-order valence-electron chi connectivity index (χ1n) is 2.94. The van der Waals surface area contributed by atoms with E-state index in [2.05, 4.69) is 9.05 Å². The van der Waals surface area contributed by atoms with Gasteiger partial charge in [-0.2, -0.15) is 0 Å². The molecule has 11 heavy (non-hydrogen) atoms. The highest BCUT2D eigenvalue weighted by Crippen LogP contribution is 2.35. The third-order valence-electron chi connectivity index (χ3n) is 0.606. The summed E-state index contributed by atoms with van der Waals surface area (Å²) in [6, 6.07) is 0. The van der Waals surface area contributed by atoms with Crippen LogP contribution in [0.2, 0.25) is 0 Å². The summed E-state index contributed by atoms with van der Waals surface area (Å²) in [7, 11) is -2.42. The van der Waals surface area contributed by atoms with Crippen molar-refractivity contribution in [3.63, 3.8) is 0 Å². The minimum atomic E-state index is -3.33. The number of aliphatic hydroxyl groups is 3. The van der Waals surface area contributed by atoms with Crippen LogP contribution >= 0.6 is 8.60 Å². The van der Waals surface area contributed by atoms with E-state index in [0.29, 0.717) is 6.42 Å². The van der Waals surface area contributed by atoms with Crippen LogP contribution in [0.3, 0.4) is 0 Å². The van der Waals surface area contributed by atoms with Gasteiger partial charge in [-0.15, -0.1) is 0 Å². The van der Waals surface area contributed by atoms with Crippen LogP contribution in [0.4, 0.5) is 0 Å². The van der Waals surface area contributed by atoms with Crippen LogP contribution in [-0.4, -0.2) is 33.0 Å². The van der Waals surface area contributed by atoms with Crippen molar-refractivity contribution in [1.29, 1.82) is 0 Å². The predicted molar refractivity (Wildman–Crippen MR) is 35.9 cm³/mol. The van der Waals surface area contributed by atoms with Crippen LogP contribution in [0.5, 0.6) is 0 Å². The zero-order valence-corrected chi connectivity index (χ0v) is 6.86. The van der Waals surface area contributed by atoms with Crippen LogP contribution in [0, 0.1) is 0 Å². The molecular formula is C4H11O6P. The van der Waals surface area contributed by atoms with E-state index < -0.39 is 14.8 Å². The lowest BCUT2D eigenvalue weighted by Gasteiger charge is -2.16. The minimum absolute atomic E-state index is 0.221. The van der Waals surface area contributed by atoms with Gasteiger partial charge in [-0.1, -0.05) is 6.92 Å². The minimum Gasteiger partial charge on any atom is -0.328 e. The van der Waals surface area contributed by atoms with E-state index in [-0.39, 0.29) is 6.61 Å². The molecule has 0 aliphatic carbocycles. The highest BCUT2D eigenvalue weighted by Gasteiger charge is 2.25. The molecule has 0 heterocycles.